The van der Waals surface area contributed by atoms with Gasteiger partial charge in [0.05, 0.1) is 34.1 Å². The molecular formula is C21H21N3O5. The zero-order valence-electron chi connectivity index (χ0n) is 16.6. The van der Waals surface area contributed by atoms with Crippen LogP contribution in [0.1, 0.15) is 10.4 Å². The normalized spacial score (nSPS) is 10.2. The van der Waals surface area contributed by atoms with Crippen molar-refractivity contribution in [1.29, 1.82) is 0 Å². The van der Waals surface area contributed by atoms with Gasteiger partial charge in [0.25, 0.3) is 5.91 Å². The van der Waals surface area contributed by atoms with Crippen LogP contribution < -0.4 is 24.3 Å². The number of methoxy groups -OCH3 is 4. The van der Waals surface area contributed by atoms with E-state index in [1.54, 1.807) is 30.3 Å². The van der Waals surface area contributed by atoms with Crippen molar-refractivity contribution in [2.24, 2.45) is 0 Å². The molecule has 8 nitrogen and oxygen atoms in total. The van der Waals surface area contributed by atoms with E-state index in [0.717, 1.165) is 5.56 Å². The Morgan fingerprint density at radius 1 is 0.793 bits per heavy atom. The fourth-order valence-electron chi connectivity index (χ4n) is 2.72. The Balaban J connectivity index is 1.78. The van der Waals surface area contributed by atoms with E-state index in [0.29, 0.717) is 40.1 Å². The smallest absolute Gasteiger partial charge is 0.255 e. The fraction of sp³-hybridized carbons (Fsp3) is 0.190. The van der Waals surface area contributed by atoms with Crippen molar-refractivity contribution in [3.05, 3.63) is 54.1 Å². The molecule has 3 rings (SSSR count). The van der Waals surface area contributed by atoms with Crippen molar-refractivity contribution < 1.29 is 23.7 Å². The number of rotatable bonds is 7. The summed E-state index contributed by atoms with van der Waals surface area (Å²) in [6.07, 6.45) is 0. The molecule has 0 aliphatic carbocycles. The molecule has 0 unspecified atom stereocenters. The molecule has 8 heteroatoms. The summed E-state index contributed by atoms with van der Waals surface area (Å²) in [6, 6.07) is 14.0. The second kappa shape index (κ2) is 8.92. The van der Waals surface area contributed by atoms with Crippen LogP contribution in [0.3, 0.4) is 0 Å². The predicted molar refractivity (Wildman–Crippen MR) is 108 cm³/mol. The zero-order chi connectivity index (χ0) is 20.8. The van der Waals surface area contributed by atoms with Crippen molar-refractivity contribution in [2.45, 2.75) is 0 Å². The molecule has 0 saturated heterocycles. The highest BCUT2D eigenvalue weighted by Gasteiger charge is 2.17. The van der Waals surface area contributed by atoms with Gasteiger partial charge in [-0.05, 0) is 30.3 Å². The summed E-state index contributed by atoms with van der Waals surface area (Å²) in [5.74, 6) is 1.39. The Morgan fingerprint density at radius 3 is 1.93 bits per heavy atom. The van der Waals surface area contributed by atoms with Gasteiger partial charge in [-0.3, -0.25) is 4.79 Å². The van der Waals surface area contributed by atoms with Gasteiger partial charge < -0.3 is 24.3 Å². The molecule has 0 aliphatic rings. The van der Waals surface area contributed by atoms with Gasteiger partial charge in [0, 0.05) is 22.9 Å². The number of amides is 1. The van der Waals surface area contributed by atoms with Crippen molar-refractivity contribution in [1.82, 2.24) is 10.2 Å². The lowest BCUT2D eigenvalue weighted by Crippen LogP contribution is -2.12. The molecule has 1 heterocycles. The molecule has 29 heavy (non-hydrogen) atoms. The maximum absolute atomic E-state index is 12.7. The number of carbonyl (C=O) groups excluding carboxylic acids is 1. The molecule has 1 aromatic heterocycles. The zero-order valence-corrected chi connectivity index (χ0v) is 16.6. The quantitative estimate of drug-likeness (QED) is 0.655. The van der Waals surface area contributed by atoms with Crippen LogP contribution >= 0.6 is 0 Å². The molecule has 1 N–H and O–H groups in total. The molecule has 0 bridgehead atoms. The number of hydrogen-bond acceptors (Lipinski definition) is 7. The van der Waals surface area contributed by atoms with Crippen molar-refractivity contribution in [3.8, 4) is 34.4 Å². The third-order valence-electron chi connectivity index (χ3n) is 4.21. The first-order chi connectivity index (χ1) is 14.1. The minimum atomic E-state index is -0.304. The van der Waals surface area contributed by atoms with E-state index in [1.165, 1.54) is 28.4 Å². The van der Waals surface area contributed by atoms with E-state index in [9.17, 15) is 4.79 Å². The van der Waals surface area contributed by atoms with Crippen LogP contribution in [0, 0.1) is 0 Å². The first-order valence-corrected chi connectivity index (χ1v) is 8.69. The van der Waals surface area contributed by atoms with Gasteiger partial charge in [-0.15, -0.1) is 10.2 Å². The highest BCUT2D eigenvalue weighted by atomic mass is 16.5. The van der Waals surface area contributed by atoms with Crippen LogP contribution in [0.5, 0.6) is 23.1 Å². The van der Waals surface area contributed by atoms with E-state index >= 15 is 0 Å². The molecule has 0 radical (unpaired) electrons. The lowest BCUT2D eigenvalue weighted by molar-refractivity contribution is 0.102. The molecule has 0 atom stereocenters. The number of benzene rings is 2. The van der Waals surface area contributed by atoms with E-state index in [1.807, 2.05) is 18.2 Å². The molecule has 2 aromatic carbocycles. The highest BCUT2D eigenvalue weighted by molar-refractivity contribution is 6.05. The first-order valence-electron chi connectivity index (χ1n) is 8.69. The molecule has 1 amide bonds. The number of nitrogens with zero attached hydrogens (tertiary/aromatic N) is 2. The number of nitrogens with one attached hydrogen (secondary N) is 1. The number of aromatic nitrogens is 2. The minimum Gasteiger partial charge on any atom is -0.493 e. The van der Waals surface area contributed by atoms with Gasteiger partial charge in [0.15, 0.2) is 11.5 Å². The van der Waals surface area contributed by atoms with Gasteiger partial charge in [-0.2, -0.15) is 0 Å². The molecule has 3 aromatic rings. The maximum atomic E-state index is 12.7. The Labute approximate surface area is 168 Å². The second-order valence-electron chi connectivity index (χ2n) is 5.91. The fourth-order valence-corrected chi connectivity index (χ4v) is 2.72. The Morgan fingerprint density at radius 2 is 1.45 bits per heavy atom. The highest BCUT2D eigenvalue weighted by Crippen LogP contribution is 2.38. The Bertz CT molecular complexity index is 963. The third-order valence-corrected chi connectivity index (χ3v) is 4.21. The second-order valence-corrected chi connectivity index (χ2v) is 5.91. The van der Waals surface area contributed by atoms with Crippen LogP contribution in [0.4, 0.5) is 5.69 Å². The van der Waals surface area contributed by atoms with Gasteiger partial charge in [0.2, 0.25) is 11.6 Å². The summed E-state index contributed by atoms with van der Waals surface area (Å²) in [7, 11) is 6.05. The molecule has 0 aliphatic heterocycles. The van der Waals surface area contributed by atoms with Gasteiger partial charge in [0.1, 0.15) is 0 Å². The summed E-state index contributed by atoms with van der Waals surface area (Å²) in [5, 5.41) is 10.9. The lowest BCUT2D eigenvalue weighted by Gasteiger charge is -2.14. The minimum absolute atomic E-state index is 0.304. The summed E-state index contributed by atoms with van der Waals surface area (Å²) in [6.45, 7) is 0. The van der Waals surface area contributed by atoms with Gasteiger partial charge in [-0.1, -0.05) is 12.1 Å². The lowest BCUT2D eigenvalue weighted by atomic mass is 10.1. The van der Waals surface area contributed by atoms with Crippen LogP contribution in [0.15, 0.2) is 48.5 Å². The molecule has 0 saturated carbocycles. The van der Waals surface area contributed by atoms with E-state index in [4.69, 9.17) is 18.9 Å². The summed E-state index contributed by atoms with van der Waals surface area (Å²) in [4.78, 5) is 12.7. The average Bonchev–Trinajstić information content (AvgIpc) is 2.78. The van der Waals surface area contributed by atoms with Crippen molar-refractivity contribution in [2.75, 3.05) is 33.8 Å². The Hall–Kier alpha value is -3.81. The van der Waals surface area contributed by atoms with Gasteiger partial charge >= 0.3 is 0 Å². The van der Waals surface area contributed by atoms with Crippen LogP contribution in [-0.4, -0.2) is 44.5 Å². The number of ether oxygens (including phenoxy) is 4. The maximum Gasteiger partial charge on any atom is 0.255 e. The molecule has 0 fully saturated rings. The van der Waals surface area contributed by atoms with Crippen LogP contribution in [0.25, 0.3) is 11.3 Å². The van der Waals surface area contributed by atoms with E-state index in [-0.39, 0.29) is 5.91 Å². The molecule has 0 spiro atoms. The first kappa shape index (κ1) is 19.9. The summed E-state index contributed by atoms with van der Waals surface area (Å²) < 4.78 is 20.9. The van der Waals surface area contributed by atoms with Crippen LogP contribution in [-0.2, 0) is 0 Å². The monoisotopic (exact) mass is 395 g/mol. The topological polar surface area (TPSA) is 91.8 Å². The largest absolute Gasteiger partial charge is 0.493 e. The Kier molecular flexibility index (Phi) is 6.13. The third kappa shape index (κ3) is 4.37. The van der Waals surface area contributed by atoms with Gasteiger partial charge in [-0.25, -0.2) is 0 Å². The predicted octanol–water partition coefficient (Wildman–Crippen LogP) is 3.43. The SMILES string of the molecule is COc1ccc(-c2ccc(NC(=O)c3cc(OC)c(OC)c(OC)c3)cc2)nn1. The van der Waals surface area contributed by atoms with E-state index < -0.39 is 0 Å². The number of anilines is 1. The average molecular weight is 395 g/mol. The van der Waals surface area contributed by atoms with E-state index in [2.05, 4.69) is 15.5 Å². The van der Waals surface area contributed by atoms with Crippen LogP contribution in [0.2, 0.25) is 0 Å². The standard InChI is InChI=1S/C21H21N3O5/c1-26-17-11-14(12-18(27-2)20(17)29-4)21(25)22-15-7-5-13(6-8-15)16-9-10-19(28-3)24-23-16/h5-12H,1-4H3,(H,22,25). The van der Waals surface area contributed by atoms with Crippen molar-refractivity contribution in [3.63, 3.8) is 0 Å². The number of hydrogen-bond donors (Lipinski definition) is 1. The van der Waals surface area contributed by atoms with Crippen molar-refractivity contribution >= 4 is 11.6 Å². The molecule has 150 valence electrons. The molecular weight excluding hydrogens is 374 g/mol. The number of carbonyl (C=O) groups is 1. The summed E-state index contributed by atoms with van der Waals surface area (Å²) in [5.41, 5.74) is 2.58. The summed E-state index contributed by atoms with van der Waals surface area (Å²) >= 11 is 0.